The molecule has 2 aliphatic carbocycles. The molecular formula is C28H32Cl2SiTi. The van der Waals surface area contributed by atoms with E-state index in [9.17, 15) is 0 Å². The first kappa shape index (κ1) is 26.0. The fourth-order valence-electron chi connectivity index (χ4n) is 5.93. The van der Waals surface area contributed by atoms with Crippen molar-refractivity contribution in [1.82, 2.24) is 0 Å². The van der Waals surface area contributed by atoms with Crippen molar-refractivity contribution in [3.63, 3.8) is 0 Å². The van der Waals surface area contributed by atoms with Gasteiger partial charge >= 0.3 is 0 Å². The van der Waals surface area contributed by atoms with E-state index >= 15 is 0 Å². The van der Waals surface area contributed by atoms with E-state index in [1.54, 1.807) is 0 Å². The number of hydrogen-bond acceptors (Lipinski definition) is 0. The zero-order valence-electron chi connectivity index (χ0n) is 20.4. The summed E-state index contributed by atoms with van der Waals surface area (Å²) < 4.78 is -1.26. The fourth-order valence-corrected chi connectivity index (χ4v) is 10.7. The number of halogens is 2. The minimum absolute atomic E-state index is 0. The van der Waals surface area contributed by atoms with Gasteiger partial charge in [0, 0.05) is 21.7 Å². The van der Waals surface area contributed by atoms with Crippen LogP contribution in [-0.4, -0.2) is 9.52 Å². The van der Waals surface area contributed by atoms with Gasteiger partial charge < -0.3 is 0 Å². The van der Waals surface area contributed by atoms with Crippen LogP contribution in [0.15, 0.2) is 59.7 Å². The van der Waals surface area contributed by atoms with E-state index in [0.29, 0.717) is 0 Å². The second-order valence-corrected chi connectivity index (χ2v) is 14.6. The number of allylic oxidation sites excluding steroid dienone is 4. The fraction of sp³-hybridized carbons (Fsp3) is 0.429. The molecule has 2 aromatic rings. The molecule has 166 valence electrons. The van der Waals surface area contributed by atoms with Crippen molar-refractivity contribution >= 4 is 43.9 Å². The summed E-state index contributed by atoms with van der Waals surface area (Å²) in [4.78, 5) is 0. The summed E-state index contributed by atoms with van der Waals surface area (Å²) in [5, 5.41) is 0. The molecule has 4 rings (SSSR count). The molecule has 0 heterocycles. The number of hydrogen-bond donors (Lipinski definition) is 0. The zero-order chi connectivity index (χ0) is 23.0. The van der Waals surface area contributed by atoms with Crippen LogP contribution in [0.3, 0.4) is 0 Å². The third kappa shape index (κ3) is 3.77. The van der Waals surface area contributed by atoms with Crippen LogP contribution in [0.5, 0.6) is 0 Å². The molecule has 0 saturated heterocycles. The predicted molar refractivity (Wildman–Crippen MR) is 138 cm³/mol. The first-order valence-corrected chi connectivity index (χ1v) is 12.8. The maximum absolute atomic E-state index is 7.79. The average molecular weight is 515 g/mol. The molecule has 0 saturated carbocycles. The van der Waals surface area contributed by atoms with Gasteiger partial charge in [-0.3, -0.25) is 0 Å². The summed E-state index contributed by atoms with van der Waals surface area (Å²) in [6, 6.07) is 17.3. The molecule has 0 nitrogen and oxygen atoms in total. The molecular weight excluding hydrogens is 483 g/mol. The first-order valence-electron chi connectivity index (χ1n) is 11.0. The van der Waals surface area contributed by atoms with Crippen LogP contribution < -0.4 is 0 Å². The Balaban J connectivity index is 0.00000289. The second kappa shape index (κ2) is 8.28. The van der Waals surface area contributed by atoms with Gasteiger partial charge in [0.2, 0.25) is 0 Å². The van der Waals surface area contributed by atoms with Gasteiger partial charge in [0.15, 0.2) is 0 Å². The SMILES string of the molecule is CC1=C(C(C)(C)C)C(Cl)([Si]C2(Cl)C(C(C)(C)C)=C(C)c3ccccc32)c2ccccc21.[Ti]. The Morgan fingerprint density at radius 1 is 0.625 bits per heavy atom. The topological polar surface area (TPSA) is 0 Å². The van der Waals surface area contributed by atoms with Crippen molar-refractivity contribution < 1.29 is 21.7 Å². The van der Waals surface area contributed by atoms with Crippen LogP contribution in [0.4, 0.5) is 0 Å². The third-order valence-corrected chi connectivity index (χ3v) is 9.77. The van der Waals surface area contributed by atoms with Gasteiger partial charge in [-0.2, -0.15) is 0 Å². The Hall–Kier alpha value is -0.569. The summed E-state index contributed by atoms with van der Waals surface area (Å²) in [6.07, 6.45) is 0. The summed E-state index contributed by atoms with van der Waals surface area (Å²) in [7, 11) is 0.274. The molecule has 0 N–H and O–H groups in total. The van der Waals surface area contributed by atoms with E-state index in [4.69, 9.17) is 23.2 Å². The molecule has 2 atom stereocenters. The van der Waals surface area contributed by atoms with Crippen LogP contribution in [0.25, 0.3) is 11.1 Å². The normalized spacial score (nSPS) is 25.1. The van der Waals surface area contributed by atoms with Gasteiger partial charge in [0.1, 0.15) is 9.52 Å². The second-order valence-electron chi connectivity index (χ2n) is 11.0. The molecule has 0 fully saturated rings. The average Bonchev–Trinajstić information content (AvgIpc) is 3.01. The van der Waals surface area contributed by atoms with Crippen LogP contribution in [0.1, 0.15) is 77.6 Å². The van der Waals surface area contributed by atoms with E-state index in [-0.39, 0.29) is 42.1 Å². The van der Waals surface area contributed by atoms with E-state index < -0.39 is 8.99 Å². The molecule has 0 aromatic heterocycles. The van der Waals surface area contributed by atoms with Gasteiger partial charge in [-0.05, 0) is 69.2 Å². The number of fused-ring (bicyclic) bond motifs is 2. The van der Waals surface area contributed by atoms with Crippen LogP contribution in [0, 0.1) is 10.8 Å². The van der Waals surface area contributed by atoms with Crippen molar-refractivity contribution in [2.24, 2.45) is 10.8 Å². The van der Waals surface area contributed by atoms with Gasteiger partial charge in [0.05, 0.1) is 8.99 Å². The maximum atomic E-state index is 7.79. The van der Waals surface area contributed by atoms with Crippen LogP contribution in [0.2, 0.25) is 0 Å². The van der Waals surface area contributed by atoms with Crippen molar-refractivity contribution in [2.45, 2.75) is 64.4 Å². The van der Waals surface area contributed by atoms with E-state index in [2.05, 4.69) is 104 Å². The molecule has 0 amide bonds. The van der Waals surface area contributed by atoms with E-state index in [0.717, 1.165) is 0 Å². The van der Waals surface area contributed by atoms with Gasteiger partial charge in [-0.1, -0.05) is 90.1 Å². The third-order valence-electron chi connectivity index (χ3n) is 6.69. The standard InChI is InChI=1S/C28H32Cl2Si.Ti/c1-17-19-13-9-11-15-21(19)27(29,23(17)25(3,4)5)31-28(30)22-16-12-10-14-20(22)18(2)24(28)26(6,7)8;/h9-16H,1-8H3;. The Morgan fingerprint density at radius 3 is 1.25 bits per heavy atom. The largest absolute Gasteiger partial charge is 0.118 e. The molecule has 0 aliphatic heterocycles. The Kier molecular flexibility index (Phi) is 6.74. The summed E-state index contributed by atoms with van der Waals surface area (Å²) in [6.45, 7) is 18.1. The summed E-state index contributed by atoms with van der Waals surface area (Å²) in [5.74, 6) is 0. The van der Waals surface area contributed by atoms with Crippen molar-refractivity contribution in [2.75, 3.05) is 0 Å². The molecule has 4 heteroatoms. The molecule has 2 unspecified atom stereocenters. The van der Waals surface area contributed by atoms with Crippen LogP contribution >= 0.6 is 23.2 Å². The monoisotopic (exact) mass is 514 g/mol. The number of alkyl halides is 2. The first-order chi connectivity index (χ1) is 14.2. The van der Waals surface area contributed by atoms with Crippen LogP contribution in [-0.2, 0) is 30.7 Å². The molecule has 0 spiro atoms. The molecule has 0 bridgehead atoms. The van der Waals surface area contributed by atoms with E-state index in [1.807, 2.05) is 0 Å². The number of rotatable bonds is 2. The van der Waals surface area contributed by atoms with Crippen molar-refractivity contribution in [3.05, 3.63) is 81.9 Å². The predicted octanol–water partition coefficient (Wildman–Crippen LogP) is 8.54. The molecule has 2 aromatic carbocycles. The molecule has 2 aliphatic rings. The van der Waals surface area contributed by atoms with E-state index in [1.165, 1.54) is 44.5 Å². The Bertz CT molecular complexity index is 1040. The zero-order valence-corrected chi connectivity index (χ0v) is 24.4. The van der Waals surface area contributed by atoms with Gasteiger partial charge in [-0.15, -0.1) is 23.2 Å². The summed E-state index contributed by atoms with van der Waals surface area (Å²) in [5.41, 5.74) is 10.0. The van der Waals surface area contributed by atoms with Crippen molar-refractivity contribution in [1.29, 1.82) is 0 Å². The van der Waals surface area contributed by atoms with Gasteiger partial charge in [0.25, 0.3) is 0 Å². The summed E-state index contributed by atoms with van der Waals surface area (Å²) >= 11 is 15.6. The number of benzene rings is 2. The maximum Gasteiger partial charge on any atom is 0.118 e. The quantitative estimate of drug-likeness (QED) is 0.278. The minimum atomic E-state index is -0.630. The Morgan fingerprint density at radius 2 is 0.938 bits per heavy atom. The smallest absolute Gasteiger partial charge is 0.114 e. The van der Waals surface area contributed by atoms with Crippen molar-refractivity contribution in [3.8, 4) is 0 Å². The minimum Gasteiger partial charge on any atom is -0.114 e. The van der Waals surface area contributed by atoms with Gasteiger partial charge in [-0.25, -0.2) is 0 Å². The Labute approximate surface area is 221 Å². The molecule has 2 radical (unpaired) electrons. The molecule has 32 heavy (non-hydrogen) atoms.